The van der Waals surface area contributed by atoms with Crippen molar-refractivity contribution in [3.63, 3.8) is 0 Å². The van der Waals surface area contributed by atoms with E-state index in [-0.39, 0.29) is 5.54 Å². The van der Waals surface area contributed by atoms with Gasteiger partial charge in [-0.3, -0.25) is 4.79 Å². The number of ether oxygens (including phenoxy) is 1. The molecule has 1 amide bonds. The summed E-state index contributed by atoms with van der Waals surface area (Å²) in [7, 11) is 0. The van der Waals surface area contributed by atoms with E-state index in [1.54, 1.807) is 0 Å². The van der Waals surface area contributed by atoms with Gasteiger partial charge in [0, 0.05) is 36.8 Å². The summed E-state index contributed by atoms with van der Waals surface area (Å²) in [5.74, 6) is 0.293. The fourth-order valence-corrected chi connectivity index (χ4v) is 4.19. The Bertz CT molecular complexity index is 579. The van der Waals surface area contributed by atoms with Crippen molar-refractivity contribution in [3.05, 3.63) is 29.8 Å². The highest BCUT2D eigenvalue weighted by Gasteiger charge is 2.39. The average Bonchev–Trinajstić information content (AvgIpc) is 2.87. The van der Waals surface area contributed by atoms with Gasteiger partial charge in [-0.25, -0.2) is 0 Å². The van der Waals surface area contributed by atoms with Crippen LogP contribution in [0.2, 0.25) is 0 Å². The molecule has 0 saturated carbocycles. The van der Waals surface area contributed by atoms with Crippen molar-refractivity contribution >= 4 is 11.6 Å². The van der Waals surface area contributed by atoms with E-state index < -0.39 is 0 Å². The lowest BCUT2D eigenvalue weighted by molar-refractivity contribution is -0.136. The van der Waals surface area contributed by atoms with Gasteiger partial charge in [0.1, 0.15) is 0 Å². The molecule has 24 heavy (non-hydrogen) atoms. The lowest BCUT2D eigenvalue weighted by Crippen LogP contribution is -2.46. The van der Waals surface area contributed by atoms with E-state index >= 15 is 0 Å². The third-order valence-electron chi connectivity index (χ3n) is 5.49. The summed E-state index contributed by atoms with van der Waals surface area (Å²) in [6, 6.07) is 8.86. The number of carbonyl (C=O) groups is 1. The number of morpholine rings is 1. The van der Waals surface area contributed by atoms with Gasteiger partial charge in [0.05, 0.1) is 13.2 Å². The Hall–Kier alpha value is -1.55. The minimum Gasteiger partial charge on any atom is -0.378 e. The van der Waals surface area contributed by atoms with Crippen LogP contribution in [0, 0.1) is 0 Å². The molecule has 0 radical (unpaired) electrons. The van der Waals surface area contributed by atoms with Gasteiger partial charge < -0.3 is 14.5 Å². The second-order valence-corrected chi connectivity index (χ2v) is 7.69. The summed E-state index contributed by atoms with van der Waals surface area (Å²) in [5.41, 5.74) is 2.54. The van der Waals surface area contributed by atoms with E-state index in [0.717, 1.165) is 45.6 Å². The van der Waals surface area contributed by atoms with Gasteiger partial charge >= 0.3 is 0 Å². The quantitative estimate of drug-likeness (QED) is 0.849. The van der Waals surface area contributed by atoms with E-state index in [2.05, 4.69) is 54.8 Å². The summed E-state index contributed by atoms with van der Waals surface area (Å²) in [6.45, 7) is 9.99. The summed E-state index contributed by atoms with van der Waals surface area (Å²) < 4.78 is 5.46. The van der Waals surface area contributed by atoms with Crippen LogP contribution in [-0.2, 0) is 16.0 Å². The highest BCUT2D eigenvalue weighted by Crippen LogP contribution is 2.34. The normalized spacial score (nSPS) is 23.5. The van der Waals surface area contributed by atoms with Crippen LogP contribution in [0.25, 0.3) is 0 Å². The molecule has 2 saturated heterocycles. The number of benzene rings is 1. The van der Waals surface area contributed by atoms with Gasteiger partial charge in [0.2, 0.25) is 5.91 Å². The molecular weight excluding hydrogens is 300 g/mol. The molecule has 1 aromatic carbocycles. The molecule has 2 heterocycles. The van der Waals surface area contributed by atoms with Crippen LogP contribution in [-0.4, -0.2) is 48.7 Å². The lowest BCUT2D eigenvalue weighted by Gasteiger charge is -2.35. The minimum atomic E-state index is 0.000225. The Kier molecular flexibility index (Phi) is 5.14. The largest absolute Gasteiger partial charge is 0.378 e. The standard InChI is InChI=1S/C20H30N2O2/c1-16-10-11-20(2,3)22(16)19(23)9-8-17-6-4-5-7-18(17)21-12-14-24-15-13-21/h4-7,16H,8-15H2,1-3H3. The molecular formula is C20H30N2O2. The van der Waals surface area contributed by atoms with E-state index in [0.29, 0.717) is 18.4 Å². The molecule has 1 atom stereocenters. The van der Waals surface area contributed by atoms with Crippen LogP contribution >= 0.6 is 0 Å². The molecule has 0 spiro atoms. The average molecular weight is 330 g/mol. The Labute approximate surface area is 145 Å². The number of para-hydroxylation sites is 1. The predicted octanol–water partition coefficient (Wildman–Crippen LogP) is 3.25. The molecule has 1 unspecified atom stereocenters. The maximum atomic E-state index is 12.8. The number of carbonyl (C=O) groups excluding carboxylic acids is 1. The molecule has 2 fully saturated rings. The molecule has 0 bridgehead atoms. The van der Waals surface area contributed by atoms with Gasteiger partial charge in [0.15, 0.2) is 0 Å². The minimum absolute atomic E-state index is 0.000225. The molecule has 4 heteroatoms. The van der Waals surface area contributed by atoms with Crippen molar-refractivity contribution < 1.29 is 9.53 Å². The highest BCUT2D eigenvalue weighted by molar-refractivity contribution is 5.78. The first-order valence-corrected chi connectivity index (χ1v) is 9.22. The van der Waals surface area contributed by atoms with E-state index in [1.165, 1.54) is 11.3 Å². The fourth-order valence-electron chi connectivity index (χ4n) is 4.19. The SMILES string of the molecule is CC1CCC(C)(C)N1C(=O)CCc1ccccc1N1CCOCC1. The predicted molar refractivity (Wildman–Crippen MR) is 97.4 cm³/mol. The first kappa shape index (κ1) is 17.3. The van der Waals surface area contributed by atoms with Gasteiger partial charge in [-0.05, 0) is 51.7 Å². The van der Waals surface area contributed by atoms with Crippen molar-refractivity contribution in [3.8, 4) is 0 Å². The maximum absolute atomic E-state index is 12.8. The van der Waals surface area contributed by atoms with Gasteiger partial charge in [-0.1, -0.05) is 18.2 Å². The van der Waals surface area contributed by atoms with E-state index in [4.69, 9.17) is 4.74 Å². The topological polar surface area (TPSA) is 32.8 Å². The Morgan fingerprint density at radius 3 is 2.62 bits per heavy atom. The lowest BCUT2D eigenvalue weighted by atomic mass is 10.0. The Morgan fingerprint density at radius 2 is 1.96 bits per heavy atom. The zero-order valence-electron chi connectivity index (χ0n) is 15.3. The van der Waals surface area contributed by atoms with Crippen LogP contribution in [0.5, 0.6) is 0 Å². The first-order chi connectivity index (χ1) is 11.5. The molecule has 4 nitrogen and oxygen atoms in total. The highest BCUT2D eigenvalue weighted by atomic mass is 16.5. The number of hydrogen-bond donors (Lipinski definition) is 0. The van der Waals surface area contributed by atoms with Crippen LogP contribution in [0.15, 0.2) is 24.3 Å². The Morgan fingerprint density at radius 1 is 1.25 bits per heavy atom. The van der Waals surface area contributed by atoms with Gasteiger partial charge in [-0.15, -0.1) is 0 Å². The molecule has 3 rings (SSSR count). The number of rotatable bonds is 4. The Balaban J connectivity index is 1.67. The van der Waals surface area contributed by atoms with Crippen molar-refractivity contribution in [1.29, 1.82) is 0 Å². The molecule has 1 aromatic rings. The molecule has 0 N–H and O–H groups in total. The van der Waals surface area contributed by atoms with Crippen LogP contribution < -0.4 is 4.90 Å². The molecule has 132 valence electrons. The second-order valence-electron chi connectivity index (χ2n) is 7.69. The summed E-state index contributed by atoms with van der Waals surface area (Å²) >= 11 is 0. The third kappa shape index (κ3) is 3.59. The molecule has 0 aromatic heterocycles. The molecule has 0 aliphatic carbocycles. The number of anilines is 1. The van der Waals surface area contributed by atoms with Gasteiger partial charge in [0.25, 0.3) is 0 Å². The van der Waals surface area contributed by atoms with Crippen molar-refractivity contribution in [2.75, 3.05) is 31.2 Å². The summed E-state index contributed by atoms with van der Waals surface area (Å²) in [5, 5.41) is 0. The van der Waals surface area contributed by atoms with Crippen LogP contribution in [0.4, 0.5) is 5.69 Å². The fraction of sp³-hybridized carbons (Fsp3) is 0.650. The first-order valence-electron chi connectivity index (χ1n) is 9.22. The second kappa shape index (κ2) is 7.14. The molecule has 2 aliphatic heterocycles. The third-order valence-corrected chi connectivity index (χ3v) is 5.49. The molecule has 2 aliphatic rings. The zero-order chi connectivity index (χ0) is 17.2. The monoisotopic (exact) mass is 330 g/mol. The number of hydrogen-bond acceptors (Lipinski definition) is 3. The summed E-state index contributed by atoms with van der Waals surface area (Å²) in [6.07, 6.45) is 3.62. The van der Waals surface area contributed by atoms with Crippen molar-refractivity contribution in [1.82, 2.24) is 4.90 Å². The number of nitrogens with zero attached hydrogens (tertiary/aromatic N) is 2. The van der Waals surface area contributed by atoms with Crippen LogP contribution in [0.3, 0.4) is 0 Å². The number of likely N-dealkylation sites (tertiary alicyclic amines) is 1. The number of aryl methyl sites for hydroxylation is 1. The van der Waals surface area contributed by atoms with E-state index in [1.807, 2.05) is 0 Å². The van der Waals surface area contributed by atoms with E-state index in [9.17, 15) is 4.79 Å². The number of amides is 1. The smallest absolute Gasteiger partial charge is 0.223 e. The van der Waals surface area contributed by atoms with Gasteiger partial charge in [-0.2, -0.15) is 0 Å². The maximum Gasteiger partial charge on any atom is 0.223 e. The van der Waals surface area contributed by atoms with Crippen molar-refractivity contribution in [2.45, 2.75) is 58.0 Å². The van der Waals surface area contributed by atoms with Crippen LogP contribution in [0.1, 0.15) is 45.6 Å². The zero-order valence-corrected chi connectivity index (χ0v) is 15.3. The van der Waals surface area contributed by atoms with Crippen molar-refractivity contribution in [2.24, 2.45) is 0 Å². The summed E-state index contributed by atoms with van der Waals surface area (Å²) in [4.78, 5) is 17.3.